The Morgan fingerprint density at radius 2 is 2.08 bits per heavy atom. The molecule has 1 fully saturated rings. The number of nitrogens with zero attached hydrogens (tertiary/aromatic N) is 1. The number of halogens is 1. The molecule has 0 aliphatic carbocycles. The SMILES string of the molecule is CCOC(=O)/C=C/c1c(OC)cccc1[C@@H](CC)OC[C@H](O)CN1CCC[C@H]1Cc1ccc(C)c(F)c1. The van der Waals surface area contributed by atoms with Crippen molar-refractivity contribution in [3.05, 3.63) is 70.5 Å². The number of aryl methyl sites for hydroxylation is 1. The minimum Gasteiger partial charge on any atom is -0.496 e. The quantitative estimate of drug-likeness (QED) is 0.291. The monoisotopic (exact) mass is 513 g/mol. The summed E-state index contributed by atoms with van der Waals surface area (Å²) in [6.45, 7) is 7.45. The average Bonchev–Trinajstić information content (AvgIpc) is 3.31. The van der Waals surface area contributed by atoms with Gasteiger partial charge >= 0.3 is 5.97 Å². The van der Waals surface area contributed by atoms with E-state index in [0.717, 1.165) is 42.5 Å². The van der Waals surface area contributed by atoms with Gasteiger partial charge in [0.2, 0.25) is 0 Å². The zero-order chi connectivity index (χ0) is 26.8. The highest BCUT2D eigenvalue weighted by Crippen LogP contribution is 2.32. The zero-order valence-electron chi connectivity index (χ0n) is 22.4. The van der Waals surface area contributed by atoms with E-state index in [1.807, 2.05) is 37.3 Å². The molecule has 0 aromatic heterocycles. The Bertz CT molecular complexity index is 1060. The van der Waals surface area contributed by atoms with Gasteiger partial charge in [-0.2, -0.15) is 0 Å². The molecule has 2 aromatic rings. The van der Waals surface area contributed by atoms with Crippen molar-refractivity contribution in [2.75, 3.05) is 33.4 Å². The number of aliphatic hydroxyl groups excluding tert-OH is 1. The van der Waals surface area contributed by atoms with E-state index in [-0.39, 0.29) is 24.6 Å². The van der Waals surface area contributed by atoms with E-state index >= 15 is 0 Å². The highest BCUT2D eigenvalue weighted by molar-refractivity contribution is 5.88. The molecule has 1 aliphatic rings. The van der Waals surface area contributed by atoms with E-state index in [1.54, 1.807) is 33.1 Å². The molecule has 0 saturated carbocycles. The van der Waals surface area contributed by atoms with Gasteiger partial charge < -0.3 is 19.3 Å². The van der Waals surface area contributed by atoms with Gasteiger partial charge in [-0.05, 0) is 81.0 Å². The fourth-order valence-corrected chi connectivity index (χ4v) is 4.92. The number of likely N-dealkylation sites (tertiary alicyclic amines) is 1. The third-order valence-electron chi connectivity index (χ3n) is 6.85. The van der Waals surface area contributed by atoms with Crippen LogP contribution in [0, 0.1) is 12.7 Å². The zero-order valence-corrected chi connectivity index (χ0v) is 22.4. The summed E-state index contributed by atoms with van der Waals surface area (Å²) in [5.74, 6) is 0.0421. The van der Waals surface area contributed by atoms with Gasteiger partial charge in [-0.3, -0.25) is 4.90 Å². The van der Waals surface area contributed by atoms with Crippen molar-refractivity contribution in [3.8, 4) is 5.75 Å². The van der Waals surface area contributed by atoms with Crippen LogP contribution < -0.4 is 4.74 Å². The number of esters is 1. The van der Waals surface area contributed by atoms with E-state index in [1.165, 1.54) is 6.08 Å². The number of methoxy groups -OCH3 is 1. The van der Waals surface area contributed by atoms with Gasteiger partial charge in [-0.25, -0.2) is 9.18 Å². The van der Waals surface area contributed by atoms with Crippen LogP contribution in [0.5, 0.6) is 5.75 Å². The molecule has 37 heavy (non-hydrogen) atoms. The maximum Gasteiger partial charge on any atom is 0.330 e. The molecule has 3 atom stereocenters. The van der Waals surface area contributed by atoms with Crippen molar-refractivity contribution in [2.24, 2.45) is 0 Å². The molecule has 1 aliphatic heterocycles. The highest BCUT2D eigenvalue weighted by Gasteiger charge is 2.27. The number of ether oxygens (including phenoxy) is 3. The molecule has 1 saturated heterocycles. The van der Waals surface area contributed by atoms with Gasteiger partial charge in [0.15, 0.2) is 0 Å². The molecule has 2 aromatic carbocycles. The first-order chi connectivity index (χ1) is 17.9. The molecule has 0 bridgehead atoms. The fourth-order valence-electron chi connectivity index (χ4n) is 4.92. The summed E-state index contributed by atoms with van der Waals surface area (Å²) in [6, 6.07) is 11.4. The van der Waals surface area contributed by atoms with Crippen molar-refractivity contribution in [1.82, 2.24) is 4.90 Å². The lowest BCUT2D eigenvalue weighted by Gasteiger charge is -2.28. The highest BCUT2D eigenvalue weighted by atomic mass is 19.1. The largest absolute Gasteiger partial charge is 0.496 e. The fraction of sp³-hybridized carbons (Fsp3) is 0.500. The lowest BCUT2D eigenvalue weighted by atomic mass is 9.99. The second-order valence-electron chi connectivity index (χ2n) is 9.51. The minimum absolute atomic E-state index is 0.171. The molecule has 6 nitrogen and oxygen atoms in total. The Labute approximate surface area is 220 Å². The first kappa shape index (κ1) is 28.8. The van der Waals surface area contributed by atoms with Gasteiger partial charge in [0, 0.05) is 24.2 Å². The standard InChI is InChI=1S/C30H40FNO5/c1-5-28(25-10-7-11-29(35-4)26(25)14-15-30(34)36-6-2)37-20-24(33)19-32-16-8-9-23(32)17-22-13-12-21(3)27(31)18-22/h7,10-15,18,23-24,28,33H,5-6,8-9,16-17,19-20H2,1-4H3/b15-14+/t23-,24+,28+/m0/s1. The molecule has 0 radical (unpaired) electrons. The number of hydrogen-bond acceptors (Lipinski definition) is 6. The summed E-state index contributed by atoms with van der Waals surface area (Å²) >= 11 is 0. The van der Waals surface area contributed by atoms with Gasteiger partial charge in [-0.15, -0.1) is 0 Å². The van der Waals surface area contributed by atoms with Crippen LogP contribution in [-0.4, -0.2) is 61.5 Å². The summed E-state index contributed by atoms with van der Waals surface area (Å²) in [4.78, 5) is 14.2. The summed E-state index contributed by atoms with van der Waals surface area (Å²) in [5.41, 5.74) is 3.28. The number of benzene rings is 2. The molecule has 7 heteroatoms. The second-order valence-corrected chi connectivity index (χ2v) is 9.51. The minimum atomic E-state index is -0.659. The lowest BCUT2D eigenvalue weighted by molar-refractivity contribution is -0.137. The average molecular weight is 514 g/mol. The van der Waals surface area contributed by atoms with Gasteiger partial charge in [0.05, 0.1) is 32.5 Å². The molecule has 0 spiro atoms. The maximum absolute atomic E-state index is 14.0. The molecule has 0 amide bonds. The van der Waals surface area contributed by atoms with Crippen molar-refractivity contribution in [2.45, 2.75) is 64.7 Å². The number of aliphatic hydroxyl groups is 1. The Morgan fingerprint density at radius 3 is 2.78 bits per heavy atom. The first-order valence-electron chi connectivity index (χ1n) is 13.2. The van der Waals surface area contributed by atoms with Crippen LogP contribution in [0.2, 0.25) is 0 Å². The maximum atomic E-state index is 14.0. The normalized spacial score (nSPS) is 17.7. The van der Waals surface area contributed by atoms with Crippen LogP contribution in [0.25, 0.3) is 6.08 Å². The van der Waals surface area contributed by atoms with E-state index in [4.69, 9.17) is 14.2 Å². The van der Waals surface area contributed by atoms with E-state index in [2.05, 4.69) is 4.90 Å². The van der Waals surface area contributed by atoms with Gasteiger partial charge in [0.1, 0.15) is 11.6 Å². The van der Waals surface area contributed by atoms with Crippen LogP contribution in [0.4, 0.5) is 4.39 Å². The summed E-state index contributed by atoms with van der Waals surface area (Å²) < 4.78 is 30.7. The Hall–Kier alpha value is -2.74. The van der Waals surface area contributed by atoms with E-state index in [0.29, 0.717) is 30.9 Å². The number of carbonyl (C=O) groups excluding carboxylic acids is 1. The van der Waals surface area contributed by atoms with E-state index < -0.39 is 12.1 Å². The number of β-amino-alcohol motifs (C(OH)–C–C–N with tert-alkyl or cyclic N) is 1. The topological polar surface area (TPSA) is 68.2 Å². The summed E-state index contributed by atoms with van der Waals surface area (Å²) in [5, 5.41) is 10.8. The van der Waals surface area contributed by atoms with Crippen LogP contribution in [0.3, 0.4) is 0 Å². The molecule has 1 N–H and O–H groups in total. The third kappa shape index (κ3) is 8.12. The predicted molar refractivity (Wildman–Crippen MR) is 143 cm³/mol. The Kier molecular flexibility index (Phi) is 11.1. The van der Waals surface area contributed by atoms with Gasteiger partial charge in [0.25, 0.3) is 0 Å². The van der Waals surface area contributed by atoms with Gasteiger partial charge in [-0.1, -0.05) is 31.2 Å². The summed E-state index contributed by atoms with van der Waals surface area (Å²) in [6.07, 6.45) is 5.68. The van der Waals surface area contributed by atoms with Crippen molar-refractivity contribution in [1.29, 1.82) is 0 Å². The Balaban J connectivity index is 1.63. The van der Waals surface area contributed by atoms with Crippen LogP contribution in [-0.2, 0) is 20.7 Å². The molecular weight excluding hydrogens is 473 g/mol. The third-order valence-corrected chi connectivity index (χ3v) is 6.85. The summed E-state index contributed by atoms with van der Waals surface area (Å²) in [7, 11) is 1.59. The van der Waals surface area contributed by atoms with Crippen molar-refractivity contribution < 1.29 is 28.5 Å². The molecule has 202 valence electrons. The molecule has 1 heterocycles. The Morgan fingerprint density at radius 1 is 1.27 bits per heavy atom. The van der Waals surface area contributed by atoms with Crippen molar-refractivity contribution >= 4 is 12.0 Å². The molecule has 0 unspecified atom stereocenters. The smallest absolute Gasteiger partial charge is 0.330 e. The van der Waals surface area contributed by atoms with Crippen LogP contribution >= 0.6 is 0 Å². The van der Waals surface area contributed by atoms with Crippen LogP contribution in [0.15, 0.2) is 42.5 Å². The number of rotatable bonds is 13. The first-order valence-corrected chi connectivity index (χ1v) is 13.2. The molecular formula is C30H40FNO5. The number of hydrogen-bond donors (Lipinski definition) is 1. The van der Waals surface area contributed by atoms with Crippen LogP contribution in [0.1, 0.15) is 61.5 Å². The molecule has 3 rings (SSSR count). The van der Waals surface area contributed by atoms with Crippen molar-refractivity contribution in [3.63, 3.8) is 0 Å². The lowest BCUT2D eigenvalue weighted by Crippen LogP contribution is -2.39. The predicted octanol–water partition coefficient (Wildman–Crippen LogP) is 5.25. The second kappa shape index (κ2) is 14.3. The van der Waals surface area contributed by atoms with E-state index in [9.17, 15) is 14.3 Å². The number of carbonyl (C=O) groups is 1.